The van der Waals surface area contributed by atoms with E-state index in [1.807, 2.05) is 0 Å². The van der Waals surface area contributed by atoms with Gasteiger partial charge in [0.25, 0.3) is 0 Å². The van der Waals surface area contributed by atoms with Crippen LogP contribution in [0.3, 0.4) is 0 Å². The number of nitrogens with zero attached hydrogens (tertiary/aromatic N) is 1. The molecule has 0 radical (unpaired) electrons. The summed E-state index contributed by atoms with van der Waals surface area (Å²) in [6.07, 6.45) is 21.0. The van der Waals surface area contributed by atoms with E-state index in [1.54, 1.807) is 11.8 Å². The summed E-state index contributed by atoms with van der Waals surface area (Å²) in [6.45, 7) is 3.13. The van der Waals surface area contributed by atoms with Crippen LogP contribution in [0.2, 0.25) is 0 Å². The summed E-state index contributed by atoms with van der Waals surface area (Å²) < 4.78 is 0. The fraction of sp³-hybridized carbons (Fsp3) is 0.905. The van der Waals surface area contributed by atoms with Crippen LogP contribution in [0.1, 0.15) is 110 Å². The van der Waals surface area contributed by atoms with Gasteiger partial charge in [0.05, 0.1) is 6.54 Å². The zero-order valence-electron chi connectivity index (χ0n) is 16.5. The number of carbonyl (C=O) groups is 1. The average Bonchev–Trinajstić information content (AvgIpc) is 3.11. The Hall–Kier alpha value is -0.510. The molecule has 0 fully saturated rings. The second-order valence-electron chi connectivity index (χ2n) is 7.28. The first kappa shape index (κ1) is 22.5. The van der Waals surface area contributed by atoms with E-state index in [1.165, 1.54) is 89.9 Å². The Morgan fingerprint density at radius 1 is 0.840 bits per heavy atom. The van der Waals surface area contributed by atoms with Gasteiger partial charge in [-0.3, -0.25) is 9.79 Å². The first-order valence-electron chi connectivity index (χ1n) is 10.8. The van der Waals surface area contributed by atoms with E-state index in [2.05, 4.69) is 17.2 Å². The fourth-order valence-electron chi connectivity index (χ4n) is 3.25. The van der Waals surface area contributed by atoms with Gasteiger partial charge in [0.1, 0.15) is 0 Å². The lowest BCUT2D eigenvalue weighted by Gasteiger charge is -2.04. The third-order valence-corrected chi connectivity index (χ3v) is 5.73. The zero-order valence-corrected chi connectivity index (χ0v) is 17.3. The number of amidine groups is 1. The van der Waals surface area contributed by atoms with Gasteiger partial charge in [-0.2, -0.15) is 0 Å². The summed E-state index contributed by atoms with van der Waals surface area (Å²) >= 11 is 1.65. The van der Waals surface area contributed by atoms with Gasteiger partial charge in [-0.1, -0.05) is 109 Å². The van der Waals surface area contributed by atoms with Crippen molar-refractivity contribution in [1.29, 1.82) is 0 Å². The third kappa shape index (κ3) is 14.4. The molecule has 1 amide bonds. The number of amides is 1. The van der Waals surface area contributed by atoms with Crippen LogP contribution >= 0.6 is 11.8 Å². The second kappa shape index (κ2) is 16.9. The summed E-state index contributed by atoms with van der Waals surface area (Å²) in [5.41, 5.74) is 0. The predicted molar refractivity (Wildman–Crippen MR) is 112 cm³/mol. The van der Waals surface area contributed by atoms with Crippen molar-refractivity contribution in [3.05, 3.63) is 0 Å². The number of aliphatic imine (C=N–C) groups is 1. The van der Waals surface area contributed by atoms with Crippen molar-refractivity contribution in [1.82, 2.24) is 5.32 Å². The normalized spacial score (nSPS) is 13.9. The van der Waals surface area contributed by atoms with Crippen LogP contribution < -0.4 is 5.32 Å². The molecule has 3 nitrogen and oxygen atoms in total. The van der Waals surface area contributed by atoms with Crippen LogP contribution in [-0.2, 0) is 4.79 Å². The number of unbranched alkanes of at least 4 members (excludes halogenated alkanes) is 14. The molecule has 0 aromatic carbocycles. The van der Waals surface area contributed by atoms with Gasteiger partial charge in [0.15, 0.2) is 5.17 Å². The van der Waals surface area contributed by atoms with Gasteiger partial charge in [0.2, 0.25) is 5.91 Å². The Kier molecular flexibility index (Phi) is 15.3. The molecule has 0 unspecified atom stereocenters. The smallest absolute Gasteiger partial charge is 0.225 e. The molecule has 146 valence electrons. The van der Waals surface area contributed by atoms with Crippen molar-refractivity contribution < 1.29 is 4.79 Å². The molecule has 0 aromatic heterocycles. The summed E-state index contributed by atoms with van der Waals surface area (Å²) in [7, 11) is 0. The van der Waals surface area contributed by atoms with Gasteiger partial charge >= 0.3 is 0 Å². The van der Waals surface area contributed by atoms with E-state index in [9.17, 15) is 4.79 Å². The van der Waals surface area contributed by atoms with Gasteiger partial charge in [-0.15, -0.1) is 0 Å². The lowest BCUT2D eigenvalue weighted by Crippen LogP contribution is -2.26. The van der Waals surface area contributed by atoms with Gasteiger partial charge in [-0.25, -0.2) is 0 Å². The Morgan fingerprint density at radius 3 is 1.76 bits per heavy atom. The highest BCUT2D eigenvalue weighted by atomic mass is 32.2. The molecular weight excluding hydrogens is 328 g/mol. The molecule has 0 aliphatic carbocycles. The zero-order chi connectivity index (χ0) is 18.0. The maximum Gasteiger partial charge on any atom is 0.225 e. The maximum atomic E-state index is 11.7. The van der Waals surface area contributed by atoms with Crippen LogP contribution in [-0.4, -0.2) is 23.4 Å². The van der Waals surface area contributed by atoms with Gasteiger partial charge in [0, 0.05) is 12.2 Å². The molecule has 1 N–H and O–H groups in total. The first-order chi connectivity index (χ1) is 12.3. The number of hydrogen-bond acceptors (Lipinski definition) is 3. The fourth-order valence-corrected chi connectivity index (χ4v) is 3.99. The average molecular weight is 369 g/mol. The molecule has 1 aliphatic rings. The molecule has 0 aromatic rings. The molecule has 0 bridgehead atoms. The number of thioether (sulfide) groups is 1. The molecule has 0 saturated carbocycles. The van der Waals surface area contributed by atoms with Crippen molar-refractivity contribution in [3.8, 4) is 0 Å². The van der Waals surface area contributed by atoms with E-state index in [4.69, 9.17) is 0 Å². The SMILES string of the molecule is CCCCCCCCCCCCCCCCCC(=O)NC1=NCCS1. The van der Waals surface area contributed by atoms with Crippen LogP contribution in [0.25, 0.3) is 0 Å². The van der Waals surface area contributed by atoms with Gasteiger partial charge in [-0.05, 0) is 6.42 Å². The van der Waals surface area contributed by atoms with Crippen LogP contribution in [0.4, 0.5) is 0 Å². The number of hydrogen-bond donors (Lipinski definition) is 1. The highest BCUT2D eigenvalue weighted by molar-refractivity contribution is 8.14. The van der Waals surface area contributed by atoms with E-state index in [0.717, 1.165) is 23.9 Å². The highest BCUT2D eigenvalue weighted by Crippen LogP contribution is 2.14. The van der Waals surface area contributed by atoms with Crippen LogP contribution in [0, 0.1) is 0 Å². The van der Waals surface area contributed by atoms with Crippen molar-refractivity contribution in [3.63, 3.8) is 0 Å². The monoisotopic (exact) mass is 368 g/mol. The minimum absolute atomic E-state index is 0.142. The third-order valence-electron chi connectivity index (χ3n) is 4.84. The minimum atomic E-state index is 0.142. The molecule has 0 spiro atoms. The van der Waals surface area contributed by atoms with Crippen molar-refractivity contribution >= 4 is 22.8 Å². The quantitative estimate of drug-likeness (QED) is 0.317. The van der Waals surface area contributed by atoms with E-state index in [0.29, 0.717) is 6.42 Å². The molecular formula is C21H40N2OS. The topological polar surface area (TPSA) is 41.5 Å². The Morgan fingerprint density at radius 2 is 1.32 bits per heavy atom. The van der Waals surface area contributed by atoms with E-state index >= 15 is 0 Å². The van der Waals surface area contributed by atoms with E-state index < -0.39 is 0 Å². The summed E-state index contributed by atoms with van der Waals surface area (Å²) in [5, 5.41) is 3.73. The molecule has 1 heterocycles. The summed E-state index contributed by atoms with van der Waals surface area (Å²) in [5.74, 6) is 1.15. The lowest BCUT2D eigenvalue weighted by molar-refractivity contribution is -0.119. The highest BCUT2D eigenvalue weighted by Gasteiger charge is 2.10. The standard InChI is InChI=1S/C21H40N2OS/c1-2-3-4-5-6-7-8-9-10-11-12-13-14-15-16-17-20(24)23-21-22-18-19-25-21/h2-19H2,1H3,(H,22,23,24). The minimum Gasteiger partial charge on any atom is -0.305 e. The molecule has 4 heteroatoms. The Balaban J connectivity index is 1.72. The number of carbonyl (C=O) groups excluding carboxylic acids is 1. The molecule has 0 saturated heterocycles. The van der Waals surface area contributed by atoms with Crippen molar-refractivity contribution in [2.45, 2.75) is 110 Å². The summed E-state index contributed by atoms with van der Waals surface area (Å²) in [4.78, 5) is 16.0. The molecule has 1 rings (SSSR count). The summed E-state index contributed by atoms with van der Waals surface area (Å²) in [6, 6.07) is 0. The Bertz CT molecular complexity index is 358. The van der Waals surface area contributed by atoms with Crippen molar-refractivity contribution in [2.24, 2.45) is 4.99 Å². The number of rotatable bonds is 16. The predicted octanol–water partition coefficient (Wildman–Crippen LogP) is 6.47. The van der Waals surface area contributed by atoms with Crippen molar-refractivity contribution in [2.75, 3.05) is 12.3 Å². The first-order valence-corrected chi connectivity index (χ1v) is 11.8. The van der Waals surface area contributed by atoms with Gasteiger partial charge < -0.3 is 5.32 Å². The largest absolute Gasteiger partial charge is 0.305 e. The number of nitrogens with one attached hydrogen (secondary N) is 1. The van der Waals surface area contributed by atoms with Crippen LogP contribution in [0.5, 0.6) is 0 Å². The van der Waals surface area contributed by atoms with Crippen LogP contribution in [0.15, 0.2) is 4.99 Å². The molecule has 25 heavy (non-hydrogen) atoms. The molecule has 1 aliphatic heterocycles. The Labute approximate surface area is 160 Å². The van der Waals surface area contributed by atoms with E-state index in [-0.39, 0.29) is 5.91 Å². The maximum absolute atomic E-state index is 11.7. The molecule has 0 atom stereocenters. The second-order valence-corrected chi connectivity index (χ2v) is 8.37. The lowest BCUT2D eigenvalue weighted by atomic mass is 10.0.